The van der Waals surface area contributed by atoms with E-state index in [0.717, 1.165) is 22.5 Å². The van der Waals surface area contributed by atoms with E-state index >= 15 is 0 Å². The van der Waals surface area contributed by atoms with Gasteiger partial charge in [-0.05, 0) is 105 Å². The first kappa shape index (κ1) is 37.9. The number of hydrogen-bond donors (Lipinski definition) is 2. The van der Waals surface area contributed by atoms with Crippen molar-refractivity contribution in [2.24, 2.45) is 0 Å². The highest BCUT2D eigenvalue weighted by Crippen LogP contribution is 2.37. The van der Waals surface area contributed by atoms with Gasteiger partial charge in [-0.15, -0.1) is 12.6 Å². The Bertz CT molecular complexity index is 1420. The number of anilines is 1. The number of thiol groups is 1. The molecule has 0 saturated carbocycles. The van der Waals surface area contributed by atoms with Crippen molar-refractivity contribution in [3.63, 3.8) is 0 Å². The van der Waals surface area contributed by atoms with E-state index in [1.165, 1.54) is 86.8 Å². The Labute approximate surface area is 304 Å². The zero-order valence-electron chi connectivity index (χ0n) is 27.4. The number of piperazine rings is 1. The Morgan fingerprint density at radius 2 is 1.47 bits per heavy atom. The summed E-state index contributed by atoms with van der Waals surface area (Å²) in [5, 5.41) is 3.27. The van der Waals surface area contributed by atoms with E-state index in [9.17, 15) is 0 Å². The van der Waals surface area contributed by atoms with Crippen molar-refractivity contribution in [1.82, 2.24) is 10.2 Å². The van der Waals surface area contributed by atoms with Crippen molar-refractivity contribution in [3.8, 4) is 0 Å². The lowest BCUT2D eigenvalue weighted by Gasteiger charge is -2.30. The molecule has 240 valence electrons. The highest BCUT2D eigenvalue weighted by Gasteiger charge is 2.15. The van der Waals surface area contributed by atoms with Crippen LogP contribution < -0.4 is 10.2 Å². The fraction of sp³-hybridized carbons (Fsp3) is 0.368. The first-order valence-electron chi connectivity index (χ1n) is 15.7. The fourth-order valence-electron chi connectivity index (χ4n) is 4.95. The van der Waals surface area contributed by atoms with Gasteiger partial charge < -0.3 is 15.1 Å². The summed E-state index contributed by atoms with van der Waals surface area (Å²) in [7, 11) is 2.15. The minimum Gasteiger partial charge on any atom is -0.371 e. The molecule has 3 aromatic carbocycles. The number of benzene rings is 3. The van der Waals surface area contributed by atoms with Crippen LogP contribution in [0.1, 0.15) is 41.5 Å². The molecule has 0 radical (unpaired) electrons. The number of halogens is 2. The Morgan fingerprint density at radius 3 is 2.00 bits per heavy atom. The maximum atomic E-state index is 4.25. The van der Waals surface area contributed by atoms with Gasteiger partial charge in [0, 0.05) is 82.6 Å². The second-order valence-electron chi connectivity index (χ2n) is 11.6. The molecule has 2 aliphatic heterocycles. The van der Waals surface area contributed by atoms with Gasteiger partial charge in [0.25, 0.3) is 0 Å². The van der Waals surface area contributed by atoms with Gasteiger partial charge in [-0.25, -0.2) is 0 Å². The number of nitrogens with zero attached hydrogens (tertiary/aromatic N) is 2. The first-order chi connectivity index (χ1) is 21.6. The second-order valence-corrected chi connectivity index (χ2v) is 15.1. The largest absolute Gasteiger partial charge is 0.371 e. The number of piperidine rings is 1. The predicted molar refractivity (Wildman–Crippen MR) is 213 cm³/mol. The minimum absolute atomic E-state index is 1.04. The van der Waals surface area contributed by atoms with Crippen LogP contribution in [0.3, 0.4) is 0 Å². The zero-order valence-corrected chi connectivity index (χ0v) is 32.8. The van der Waals surface area contributed by atoms with Crippen LogP contribution in [0.4, 0.5) is 5.69 Å². The fourth-order valence-corrected chi connectivity index (χ4v) is 6.76. The molecule has 0 spiro atoms. The molecular formula is C38H48BrIN3S2+. The number of allylic oxidation sites excluding steroid dienone is 6. The Balaban J connectivity index is 0.000000189. The molecule has 0 unspecified atom stereocenters. The number of nitrogens with one attached hydrogen (secondary N) is 1. The highest BCUT2D eigenvalue weighted by molar-refractivity contribution is 14.1. The molecule has 3 aliphatic rings. The lowest BCUT2D eigenvalue weighted by Crippen LogP contribution is -2.40. The zero-order chi connectivity index (χ0) is 32.6. The summed E-state index contributed by atoms with van der Waals surface area (Å²) >= 11 is 11.7. The number of hydrogen-bond acceptors (Lipinski definition) is 5. The van der Waals surface area contributed by atoms with Gasteiger partial charge in [0.2, 0.25) is 0 Å². The van der Waals surface area contributed by atoms with E-state index in [4.69, 9.17) is 0 Å². The lowest BCUT2D eigenvalue weighted by molar-refractivity contribution is 0.291. The monoisotopic (exact) mass is 816 g/mol. The van der Waals surface area contributed by atoms with Gasteiger partial charge in [-0.3, -0.25) is 0 Å². The highest BCUT2D eigenvalue weighted by atomic mass is 127. The van der Waals surface area contributed by atoms with E-state index in [2.05, 4.69) is 162 Å². The molecule has 0 aromatic heterocycles. The Morgan fingerprint density at radius 1 is 0.822 bits per heavy atom. The number of aryl methyl sites for hydroxylation is 4. The summed E-state index contributed by atoms with van der Waals surface area (Å²) in [4.78, 5) is 8.70. The van der Waals surface area contributed by atoms with Gasteiger partial charge in [0.15, 0.2) is 4.48 Å². The van der Waals surface area contributed by atoms with E-state index < -0.39 is 0 Å². The van der Waals surface area contributed by atoms with Crippen molar-refractivity contribution in [3.05, 3.63) is 115 Å². The van der Waals surface area contributed by atoms with Crippen molar-refractivity contribution in [2.75, 3.05) is 51.2 Å². The van der Waals surface area contributed by atoms with E-state index in [1.54, 1.807) is 0 Å². The minimum atomic E-state index is 1.04. The van der Waals surface area contributed by atoms with Crippen molar-refractivity contribution >= 4 is 68.6 Å². The van der Waals surface area contributed by atoms with Crippen LogP contribution in [0.2, 0.25) is 0 Å². The SMILES string of the molecule is BrC1=[C+]C=CC=C1I.CN1CCNCC1.Cc1ccc(S)c(C)c1.Cc1ccc(Sc2ccccc2N2CCCCC2)c(C)c1. The van der Waals surface area contributed by atoms with Crippen LogP contribution in [0, 0.1) is 33.8 Å². The molecule has 0 bridgehead atoms. The third-order valence-electron chi connectivity index (χ3n) is 7.56. The molecule has 1 aliphatic carbocycles. The third kappa shape index (κ3) is 14.0. The van der Waals surface area contributed by atoms with Crippen LogP contribution in [0.15, 0.2) is 102 Å². The topological polar surface area (TPSA) is 18.5 Å². The van der Waals surface area contributed by atoms with Crippen LogP contribution in [-0.2, 0) is 0 Å². The smallest absolute Gasteiger partial charge is 0.194 e. The summed E-state index contributed by atoms with van der Waals surface area (Å²) in [6.07, 6.45) is 12.9. The molecule has 0 atom stereocenters. The molecule has 1 N–H and O–H groups in total. The summed E-state index contributed by atoms with van der Waals surface area (Å²) in [6, 6.07) is 21.8. The number of rotatable bonds is 3. The summed E-state index contributed by atoms with van der Waals surface area (Å²) in [5.74, 6) is 0. The average molecular weight is 818 g/mol. The molecule has 45 heavy (non-hydrogen) atoms. The van der Waals surface area contributed by atoms with E-state index in [-0.39, 0.29) is 0 Å². The molecule has 2 saturated heterocycles. The first-order valence-corrected chi connectivity index (χ1v) is 18.8. The lowest BCUT2D eigenvalue weighted by atomic mass is 10.1. The van der Waals surface area contributed by atoms with Crippen molar-refractivity contribution in [2.45, 2.75) is 61.6 Å². The average Bonchev–Trinajstić information content (AvgIpc) is 3.04. The molecular weight excluding hydrogens is 769 g/mol. The van der Waals surface area contributed by atoms with E-state index in [0.29, 0.717) is 0 Å². The molecule has 2 heterocycles. The number of para-hydroxylation sites is 1. The van der Waals surface area contributed by atoms with Gasteiger partial charge in [-0.1, -0.05) is 59.3 Å². The summed E-state index contributed by atoms with van der Waals surface area (Å²) in [6.45, 7) is 15.7. The van der Waals surface area contributed by atoms with Gasteiger partial charge in [0.05, 0.1) is 17.8 Å². The second kappa shape index (κ2) is 20.6. The maximum absolute atomic E-state index is 4.25. The standard InChI is InChI=1S/C19H23NS.C8H10S.C6H3BrI.C5H12N2/c1-15-10-11-18(16(2)14-15)21-19-9-5-4-8-17(19)20-12-6-3-7-13-20;1-6-3-4-8(9)7(2)5-6;7-5-3-1-2-4-6(5)8;1-7-4-2-6-3-5-7/h4-5,8-11,14H,3,6-7,12-13H2,1-2H3;3-5,9H,1-2H3;1-2,4H;6H,2-5H2,1H3/q;;+1;. The molecule has 7 heteroatoms. The van der Waals surface area contributed by atoms with Crippen molar-refractivity contribution in [1.29, 1.82) is 0 Å². The number of likely N-dealkylation sites (N-methyl/N-ethyl adjacent to an activating group) is 1. The summed E-state index contributed by atoms with van der Waals surface area (Å²) < 4.78 is 2.24. The predicted octanol–water partition coefficient (Wildman–Crippen LogP) is 10.5. The van der Waals surface area contributed by atoms with Crippen LogP contribution >= 0.6 is 62.9 Å². The third-order valence-corrected chi connectivity index (χ3v) is 11.6. The molecule has 3 aromatic rings. The Kier molecular flexibility index (Phi) is 17.3. The van der Waals surface area contributed by atoms with Crippen LogP contribution in [-0.4, -0.2) is 51.2 Å². The summed E-state index contributed by atoms with van der Waals surface area (Å²) in [5.41, 5.74) is 6.65. The van der Waals surface area contributed by atoms with Gasteiger partial charge in [0.1, 0.15) is 9.66 Å². The quantitative estimate of drug-likeness (QED) is 0.156. The van der Waals surface area contributed by atoms with Crippen LogP contribution in [0.25, 0.3) is 0 Å². The molecule has 2 fully saturated rings. The molecule has 6 rings (SSSR count). The van der Waals surface area contributed by atoms with Gasteiger partial charge >= 0.3 is 0 Å². The molecule has 0 amide bonds. The van der Waals surface area contributed by atoms with Crippen LogP contribution in [0.5, 0.6) is 0 Å². The van der Waals surface area contributed by atoms with E-state index in [1.807, 2.05) is 36.1 Å². The molecule has 3 nitrogen and oxygen atoms in total. The van der Waals surface area contributed by atoms with Gasteiger partial charge in [-0.2, -0.15) is 0 Å². The van der Waals surface area contributed by atoms with Crippen molar-refractivity contribution < 1.29 is 0 Å². The maximum Gasteiger partial charge on any atom is 0.194 e. The normalized spacial score (nSPS) is 16.0. The Hall–Kier alpha value is -1.58.